The van der Waals surface area contributed by atoms with Gasteiger partial charge in [-0.2, -0.15) is 16.8 Å². The molecular weight excluding hydrogens is 362 g/mol. The van der Waals surface area contributed by atoms with Crippen LogP contribution in [0.4, 0.5) is 4.79 Å². The zero-order chi connectivity index (χ0) is 18.8. The quantitative estimate of drug-likeness (QED) is 0.602. The molecule has 9 nitrogen and oxygen atoms in total. The molecule has 1 amide bonds. The lowest BCUT2D eigenvalue weighted by molar-refractivity contribution is 0.0280. The van der Waals surface area contributed by atoms with Crippen molar-refractivity contribution in [2.45, 2.75) is 26.4 Å². The first-order valence-corrected chi connectivity index (χ1v) is 11.0. The third kappa shape index (κ3) is 8.27. The van der Waals surface area contributed by atoms with E-state index in [1.807, 2.05) is 0 Å². The fourth-order valence-electron chi connectivity index (χ4n) is 2.21. The Balaban J connectivity index is 2.78. The Kier molecular flexibility index (Phi) is 6.64. The number of hydrogen-bond acceptors (Lipinski definition) is 8. The summed E-state index contributed by atoms with van der Waals surface area (Å²) >= 11 is 0. The molecule has 1 fully saturated rings. The molecule has 1 saturated heterocycles. The molecule has 11 heteroatoms. The predicted molar refractivity (Wildman–Crippen MR) is 86.4 cm³/mol. The highest BCUT2D eigenvalue weighted by atomic mass is 32.2. The number of nitrogens with zero attached hydrogens (tertiary/aromatic N) is 1. The van der Waals surface area contributed by atoms with Crippen LogP contribution in [0.25, 0.3) is 0 Å². The van der Waals surface area contributed by atoms with Gasteiger partial charge in [-0.05, 0) is 20.8 Å². The topological polar surface area (TPSA) is 116 Å². The fraction of sp³-hybridized carbons (Fsp3) is 0.923. The second-order valence-electron chi connectivity index (χ2n) is 6.88. The van der Waals surface area contributed by atoms with E-state index in [-0.39, 0.29) is 38.1 Å². The van der Waals surface area contributed by atoms with Gasteiger partial charge in [0.05, 0.1) is 25.7 Å². The highest BCUT2D eigenvalue weighted by Gasteiger charge is 2.38. The number of carbonyl (C=O) groups excluding carboxylic acids is 1. The van der Waals surface area contributed by atoms with Crippen LogP contribution in [-0.2, 0) is 33.3 Å². The van der Waals surface area contributed by atoms with Crippen LogP contribution in [0.15, 0.2) is 0 Å². The Labute approximate surface area is 143 Å². The molecule has 1 aliphatic heterocycles. The van der Waals surface area contributed by atoms with Crippen molar-refractivity contribution in [3.63, 3.8) is 0 Å². The van der Waals surface area contributed by atoms with Gasteiger partial charge in [0.15, 0.2) is 0 Å². The van der Waals surface area contributed by atoms with Crippen LogP contribution in [0, 0.1) is 11.8 Å². The molecule has 0 N–H and O–H groups in total. The molecule has 0 aromatic heterocycles. The summed E-state index contributed by atoms with van der Waals surface area (Å²) in [6.45, 7) is 5.27. The predicted octanol–water partition coefficient (Wildman–Crippen LogP) is 0.422. The van der Waals surface area contributed by atoms with Gasteiger partial charge < -0.3 is 9.64 Å². The van der Waals surface area contributed by atoms with E-state index in [1.165, 1.54) is 4.90 Å². The maximum Gasteiger partial charge on any atom is 0.410 e. The summed E-state index contributed by atoms with van der Waals surface area (Å²) in [7, 11) is -7.28. The van der Waals surface area contributed by atoms with Crippen LogP contribution in [0.3, 0.4) is 0 Å². The van der Waals surface area contributed by atoms with Crippen molar-refractivity contribution in [2.75, 3.05) is 38.8 Å². The zero-order valence-electron chi connectivity index (χ0n) is 14.5. The molecule has 0 aromatic rings. The van der Waals surface area contributed by atoms with E-state index in [9.17, 15) is 21.6 Å². The molecule has 0 aromatic carbocycles. The fourth-order valence-corrected chi connectivity index (χ4v) is 3.06. The summed E-state index contributed by atoms with van der Waals surface area (Å²) in [6, 6.07) is 0. The van der Waals surface area contributed by atoms with Crippen LogP contribution in [-0.4, -0.2) is 72.2 Å². The van der Waals surface area contributed by atoms with Crippen molar-refractivity contribution in [2.24, 2.45) is 11.8 Å². The van der Waals surface area contributed by atoms with Gasteiger partial charge in [-0.3, -0.25) is 8.37 Å². The van der Waals surface area contributed by atoms with Crippen LogP contribution in [0.5, 0.6) is 0 Å². The molecule has 1 rings (SSSR count). The van der Waals surface area contributed by atoms with Gasteiger partial charge in [-0.15, -0.1) is 0 Å². The number of hydrogen-bond donors (Lipinski definition) is 0. The maximum absolute atomic E-state index is 12.1. The molecule has 0 radical (unpaired) electrons. The Morgan fingerprint density at radius 1 is 0.958 bits per heavy atom. The molecule has 1 aliphatic rings. The molecule has 0 spiro atoms. The highest BCUT2D eigenvalue weighted by Crippen LogP contribution is 2.26. The second-order valence-corrected chi connectivity index (χ2v) is 10.2. The van der Waals surface area contributed by atoms with Gasteiger partial charge in [-0.1, -0.05) is 0 Å². The summed E-state index contributed by atoms with van der Waals surface area (Å²) in [5.41, 5.74) is -0.669. The number of rotatable bonds is 6. The Hall–Kier alpha value is -0.910. The minimum Gasteiger partial charge on any atom is -0.444 e. The lowest BCUT2D eigenvalue weighted by Gasteiger charge is -2.24. The van der Waals surface area contributed by atoms with E-state index in [4.69, 9.17) is 13.1 Å². The number of amides is 1. The largest absolute Gasteiger partial charge is 0.444 e. The SMILES string of the molecule is CC(C)(C)OC(=O)N1C[C@@H](COS(C)(=O)=O)[C@H](COS(C)(=O)=O)C1. The maximum atomic E-state index is 12.1. The van der Waals surface area contributed by atoms with Gasteiger partial charge in [0, 0.05) is 24.9 Å². The first-order valence-electron chi connectivity index (χ1n) is 7.33. The van der Waals surface area contributed by atoms with Gasteiger partial charge >= 0.3 is 6.09 Å². The number of likely N-dealkylation sites (tertiary alicyclic amines) is 1. The first kappa shape index (κ1) is 21.1. The summed E-state index contributed by atoms with van der Waals surface area (Å²) < 4.78 is 59.5. The van der Waals surface area contributed by atoms with Gasteiger partial charge in [0.2, 0.25) is 0 Å². The van der Waals surface area contributed by atoms with Crippen LogP contribution in [0.1, 0.15) is 20.8 Å². The van der Waals surface area contributed by atoms with Crippen molar-refractivity contribution in [1.29, 1.82) is 0 Å². The summed E-state index contributed by atoms with van der Waals surface area (Å²) in [5, 5.41) is 0. The summed E-state index contributed by atoms with van der Waals surface area (Å²) in [6.07, 6.45) is 1.30. The van der Waals surface area contributed by atoms with Gasteiger partial charge in [-0.25, -0.2) is 4.79 Å². The summed E-state index contributed by atoms with van der Waals surface area (Å²) in [4.78, 5) is 13.5. The normalized spacial score (nSPS) is 22.6. The molecule has 0 unspecified atom stereocenters. The van der Waals surface area contributed by atoms with E-state index in [1.54, 1.807) is 20.8 Å². The van der Waals surface area contributed by atoms with Crippen LogP contribution < -0.4 is 0 Å². The Morgan fingerprint density at radius 2 is 1.33 bits per heavy atom. The van der Waals surface area contributed by atoms with Gasteiger partial charge in [0.25, 0.3) is 20.2 Å². The Morgan fingerprint density at radius 3 is 1.62 bits per heavy atom. The molecule has 142 valence electrons. The Bertz CT molecular complexity index is 606. The van der Waals surface area contributed by atoms with E-state index >= 15 is 0 Å². The highest BCUT2D eigenvalue weighted by molar-refractivity contribution is 7.86. The minimum absolute atomic E-state index is 0.157. The smallest absolute Gasteiger partial charge is 0.410 e. The van der Waals surface area contributed by atoms with Crippen molar-refractivity contribution in [3.05, 3.63) is 0 Å². The number of ether oxygens (including phenoxy) is 1. The van der Waals surface area contributed by atoms with E-state index < -0.39 is 31.9 Å². The number of carbonyl (C=O) groups is 1. The first-order chi connectivity index (χ1) is 10.7. The van der Waals surface area contributed by atoms with E-state index in [0.29, 0.717) is 0 Å². The molecule has 1 heterocycles. The molecule has 24 heavy (non-hydrogen) atoms. The van der Waals surface area contributed by atoms with Crippen molar-refractivity contribution in [3.8, 4) is 0 Å². The zero-order valence-corrected chi connectivity index (χ0v) is 16.1. The average Bonchev–Trinajstić information content (AvgIpc) is 2.73. The summed E-state index contributed by atoms with van der Waals surface area (Å²) in [5.74, 6) is -0.761. The third-order valence-corrected chi connectivity index (χ3v) is 4.35. The molecule has 2 atom stereocenters. The van der Waals surface area contributed by atoms with Crippen molar-refractivity contribution >= 4 is 26.3 Å². The molecule has 0 bridgehead atoms. The average molecular weight is 387 g/mol. The molecule has 0 aliphatic carbocycles. The minimum atomic E-state index is -3.64. The van der Waals surface area contributed by atoms with Gasteiger partial charge in [0.1, 0.15) is 5.60 Å². The lowest BCUT2D eigenvalue weighted by atomic mass is 9.98. The van der Waals surface area contributed by atoms with E-state index in [2.05, 4.69) is 0 Å². The van der Waals surface area contributed by atoms with Crippen LogP contribution in [0.2, 0.25) is 0 Å². The van der Waals surface area contributed by atoms with E-state index in [0.717, 1.165) is 12.5 Å². The van der Waals surface area contributed by atoms with Crippen LogP contribution >= 0.6 is 0 Å². The second kappa shape index (κ2) is 7.54. The van der Waals surface area contributed by atoms with Crippen molar-refractivity contribution < 1.29 is 34.7 Å². The molecular formula is C13H25NO8S2. The lowest BCUT2D eigenvalue weighted by Crippen LogP contribution is -2.35. The molecule has 0 saturated carbocycles. The standard InChI is InChI=1S/C13H25NO8S2/c1-13(2,3)22-12(15)14-6-10(8-20-23(4,16)17)11(7-14)9-21-24(5,18)19/h10-11H,6-9H2,1-5H3/t10-,11-/m0/s1. The van der Waals surface area contributed by atoms with Crippen molar-refractivity contribution in [1.82, 2.24) is 4.90 Å². The third-order valence-electron chi connectivity index (χ3n) is 3.22. The monoisotopic (exact) mass is 387 g/mol.